The molecule has 0 fully saturated rings. The average molecular weight is 1070 g/mol. The van der Waals surface area contributed by atoms with Crippen LogP contribution in [-0.2, 0) is 37.3 Å². The van der Waals surface area contributed by atoms with Crippen molar-refractivity contribution in [3.05, 3.63) is 193 Å². The summed E-state index contributed by atoms with van der Waals surface area (Å²) in [6, 6.07) is 19.9. The molecule has 0 aliphatic heterocycles. The Morgan fingerprint density at radius 2 is 1.41 bits per heavy atom. The van der Waals surface area contributed by atoms with Crippen molar-refractivity contribution < 1.29 is 66.0 Å². The molecule has 0 bridgehead atoms. The van der Waals surface area contributed by atoms with Crippen molar-refractivity contribution in [2.24, 2.45) is 0 Å². The fourth-order valence-corrected chi connectivity index (χ4v) is 8.26. The van der Waals surface area contributed by atoms with Gasteiger partial charge < -0.3 is 13.9 Å². The quantitative estimate of drug-likeness (QED) is 0.118. The van der Waals surface area contributed by atoms with E-state index in [1.54, 1.807) is 12.3 Å². The minimum atomic E-state index is -4.65. The molecule has 0 unspecified atom stereocenters. The standard InChI is InChI=1S/C59H51N5O.Pt/c1-57(2,3)41-30-33-60-52(34-41)64-49-27-15-14-24-47(49)48-29-28-44(36-50(48)64)65-43-23-16-22-42(35-43)62-38-63(55-51(62)37-61-56-53(55)58(4,5)31-32-59(56,6)7)54-45(39-18-10-8-11-19-39)25-17-26-46(54)40-20-12-9-13-21-40;/h8-30,33-34,37H,31-32H2,1-7H3;/q-2;/i4D3,5D3,6D3,7D3,8D,9D,10D,11D,12D,13D,18D,19D,20D,21D,31D2,32D2;. The van der Waals surface area contributed by atoms with Crippen LogP contribution in [0.15, 0.2) is 158 Å². The monoisotopic (exact) mass is 1070 g/mol. The van der Waals surface area contributed by atoms with E-state index in [1.165, 1.54) is 24.3 Å². The summed E-state index contributed by atoms with van der Waals surface area (Å²) in [5.41, 5.74) is -14.7. The third kappa shape index (κ3) is 7.36. The number of imidazole rings is 1. The van der Waals surface area contributed by atoms with Crippen LogP contribution in [0, 0.1) is 18.5 Å². The average Bonchev–Trinajstić information content (AvgIpc) is 0.832. The number of hydrogen-bond acceptors (Lipinski definition) is 3. The molecule has 4 heterocycles. The second-order valence-corrected chi connectivity index (χ2v) is 16.5. The van der Waals surface area contributed by atoms with Crippen LogP contribution in [0.3, 0.4) is 0 Å². The predicted octanol–water partition coefficient (Wildman–Crippen LogP) is 14.0. The van der Waals surface area contributed by atoms with E-state index in [0.29, 0.717) is 15.9 Å². The maximum absolute atomic E-state index is 9.80. The summed E-state index contributed by atoms with van der Waals surface area (Å²) >= 11 is 0. The van der Waals surface area contributed by atoms with Gasteiger partial charge in [0.2, 0.25) is 0 Å². The van der Waals surface area contributed by atoms with Gasteiger partial charge in [-0.1, -0.05) is 151 Å². The van der Waals surface area contributed by atoms with Crippen LogP contribution in [0.2, 0.25) is 0 Å². The minimum absolute atomic E-state index is 0. The Morgan fingerprint density at radius 1 is 0.727 bits per heavy atom. The maximum Gasteiger partial charge on any atom is 0.268 e. The molecule has 0 atom stereocenters. The van der Waals surface area contributed by atoms with Crippen molar-refractivity contribution >= 4 is 32.8 Å². The predicted molar refractivity (Wildman–Crippen MR) is 263 cm³/mol. The fraction of sp³-hybridized carbons (Fsp3) is 0.203. The SMILES string of the molecule is [2H]c1c([2H])c([2H])c(-c2cccc(-c3c([2H])c([2H])c([2H])c([2H])c3[2H])c2-[n+]2[c-]n(-c3[c-]c(Oc4[c-]c5c(cc4)c4ccccc4n5-c4cc(C(C)(C)C)ccn4)ccc3)c3cnc4c(c32)C(C([2H])([2H])[2H])(C([2H])([2H])[2H])C([2H])([2H])C([2H])([2H])C4(C([2H])([2H])[2H])C([2H])([2H])[2H])c([2H])c1[2H].[Pt]. The van der Waals surface area contributed by atoms with Gasteiger partial charge in [0, 0.05) is 83.5 Å². The van der Waals surface area contributed by atoms with E-state index in [4.69, 9.17) is 26.2 Å². The van der Waals surface area contributed by atoms with Crippen LogP contribution in [0.25, 0.3) is 72.3 Å². The molecular formula is C59H51N5OPt-2. The number of rotatable bonds is 7. The molecule has 11 rings (SSSR count). The summed E-state index contributed by atoms with van der Waals surface area (Å²) in [6.07, 6.45) is -3.84. The summed E-state index contributed by atoms with van der Waals surface area (Å²) in [5.74, 6) is 0.591. The summed E-state index contributed by atoms with van der Waals surface area (Å²) in [5, 5.41) is 1.63. The number of pyridine rings is 2. The summed E-state index contributed by atoms with van der Waals surface area (Å²) < 4.78 is 247. The molecule has 6 aromatic carbocycles. The van der Waals surface area contributed by atoms with Crippen LogP contribution in [-0.4, -0.2) is 19.1 Å². The second-order valence-electron chi connectivity index (χ2n) is 16.5. The molecule has 0 saturated carbocycles. The number of hydrogen-bond donors (Lipinski definition) is 0. The van der Waals surface area contributed by atoms with Crippen molar-refractivity contribution in [1.29, 1.82) is 0 Å². The first kappa shape index (κ1) is 22.7. The molecule has 1 aliphatic rings. The first-order valence-corrected chi connectivity index (χ1v) is 20.3. The fourth-order valence-electron chi connectivity index (χ4n) is 8.26. The van der Waals surface area contributed by atoms with Crippen molar-refractivity contribution in [2.45, 2.75) is 77.2 Å². The van der Waals surface area contributed by atoms with Crippen LogP contribution >= 0.6 is 0 Å². The molecule has 6 nitrogen and oxygen atoms in total. The first-order chi connectivity index (χ1) is 42.0. The van der Waals surface area contributed by atoms with Gasteiger partial charge in [-0.25, -0.2) is 4.98 Å². The molecule has 66 heavy (non-hydrogen) atoms. The molecule has 1 aliphatic carbocycles. The van der Waals surface area contributed by atoms with Crippen molar-refractivity contribution in [1.82, 2.24) is 19.1 Å². The smallest absolute Gasteiger partial charge is 0.268 e. The zero-order valence-corrected chi connectivity index (χ0v) is 37.5. The van der Waals surface area contributed by atoms with E-state index in [0.717, 1.165) is 44.7 Å². The third-order valence-electron chi connectivity index (χ3n) is 11.3. The Morgan fingerprint density at radius 3 is 2.12 bits per heavy atom. The van der Waals surface area contributed by atoms with Crippen LogP contribution < -0.4 is 9.30 Å². The Labute approximate surface area is 438 Å². The Balaban J connectivity index is 0.00000927. The van der Waals surface area contributed by atoms with Crippen molar-refractivity contribution in [2.75, 3.05) is 0 Å². The Kier molecular flexibility index (Phi) is 5.63. The number of aromatic nitrogens is 5. The maximum atomic E-state index is 9.80. The molecule has 330 valence electrons. The van der Waals surface area contributed by atoms with E-state index in [1.807, 2.05) is 47.0 Å². The minimum Gasteiger partial charge on any atom is -0.510 e. The Bertz CT molecular complexity index is 4540. The van der Waals surface area contributed by atoms with Gasteiger partial charge in [0.25, 0.3) is 6.33 Å². The van der Waals surface area contributed by atoms with Crippen LogP contribution in [0.1, 0.15) is 113 Å². The van der Waals surface area contributed by atoms with Gasteiger partial charge in [-0.2, -0.15) is 18.2 Å². The van der Waals surface area contributed by atoms with Crippen molar-refractivity contribution in [3.8, 4) is 50.9 Å². The molecule has 10 aromatic rings. The molecule has 4 aromatic heterocycles. The van der Waals surface area contributed by atoms with E-state index in [2.05, 4.69) is 44.2 Å². The van der Waals surface area contributed by atoms with Crippen molar-refractivity contribution in [3.63, 3.8) is 0 Å². The normalized spacial score (nSPS) is 22.3. The molecule has 0 amide bonds. The summed E-state index contributed by atoms with van der Waals surface area (Å²) in [4.78, 5) is 9.02. The number of nitrogens with zero attached hydrogens (tertiary/aromatic N) is 5. The molecule has 0 radical (unpaired) electrons. The van der Waals surface area contributed by atoms with Gasteiger partial charge in [-0.3, -0.25) is 9.55 Å². The zero-order valence-electron chi connectivity index (χ0n) is 61.2. The Hall–Kier alpha value is -6.62. The molecule has 0 N–H and O–H groups in total. The van der Waals surface area contributed by atoms with Gasteiger partial charge in [0.1, 0.15) is 5.82 Å². The summed E-state index contributed by atoms with van der Waals surface area (Å²) in [7, 11) is 0. The van der Waals surface area contributed by atoms with E-state index in [-0.39, 0.29) is 43.7 Å². The molecule has 0 spiro atoms. The largest absolute Gasteiger partial charge is 0.510 e. The van der Waals surface area contributed by atoms with E-state index in [9.17, 15) is 19.2 Å². The van der Waals surface area contributed by atoms with E-state index < -0.39 is 162 Å². The summed E-state index contributed by atoms with van der Waals surface area (Å²) in [6.45, 7) is -11.1. The van der Waals surface area contributed by atoms with Gasteiger partial charge in [0.05, 0.1) is 30.4 Å². The number of fused-ring (bicyclic) bond motifs is 6. The second kappa shape index (κ2) is 16.4. The van der Waals surface area contributed by atoms with E-state index >= 15 is 0 Å². The number of benzene rings is 6. The van der Waals surface area contributed by atoms with Gasteiger partial charge in [-0.15, -0.1) is 29.7 Å². The topological polar surface area (TPSA) is 48.8 Å². The zero-order chi connectivity index (χ0) is 67.0. The van der Waals surface area contributed by atoms with Gasteiger partial charge in [0.15, 0.2) is 0 Å². The molecule has 7 heteroatoms. The van der Waals surface area contributed by atoms with Gasteiger partial charge >= 0.3 is 0 Å². The van der Waals surface area contributed by atoms with Crippen LogP contribution in [0.5, 0.6) is 11.5 Å². The molecule has 0 saturated heterocycles. The van der Waals surface area contributed by atoms with Gasteiger partial charge in [-0.05, 0) is 86.2 Å². The first-order valence-electron chi connectivity index (χ1n) is 33.3. The number of para-hydroxylation sites is 2. The third-order valence-corrected chi connectivity index (χ3v) is 11.3. The van der Waals surface area contributed by atoms with Crippen LogP contribution in [0.4, 0.5) is 0 Å². The number of ether oxygens (including phenoxy) is 1. The molecular weight excluding hydrogens is 990 g/mol.